The van der Waals surface area contributed by atoms with Crippen molar-refractivity contribution in [2.45, 2.75) is 19.3 Å². The molecule has 3 rings (SSSR count). The summed E-state index contributed by atoms with van der Waals surface area (Å²) < 4.78 is 5.60. The third kappa shape index (κ3) is 2.17. The molecule has 0 radical (unpaired) electrons. The van der Waals surface area contributed by atoms with Crippen molar-refractivity contribution in [3.05, 3.63) is 39.7 Å². The highest BCUT2D eigenvalue weighted by Gasteiger charge is 2.15. The Kier molecular flexibility index (Phi) is 3.13. The minimum Gasteiger partial charge on any atom is -0.493 e. The Hall–Kier alpha value is -2.01. The van der Waals surface area contributed by atoms with Gasteiger partial charge in [0.1, 0.15) is 5.75 Å². The molecule has 2 aromatic rings. The van der Waals surface area contributed by atoms with Gasteiger partial charge >= 0.3 is 0 Å². The summed E-state index contributed by atoms with van der Waals surface area (Å²) in [7, 11) is 0. The summed E-state index contributed by atoms with van der Waals surface area (Å²) in [6, 6.07) is 6.04. The van der Waals surface area contributed by atoms with E-state index in [1.54, 1.807) is 0 Å². The number of benzene rings is 1. The Morgan fingerprint density at radius 2 is 2.21 bits per heavy atom. The van der Waals surface area contributed by atoms with Crippen LogP contribution in [0.3, 0.4) is 0 Å². The summed E-state index contributed by atoms with van der Waals surface area (Å²) in [6.07, 6.45) is 2.63. The lowest BCUT2D eigenvalue weighted by Gasteiger charge is -2.17. The largest absolute Gasteiger partial charge is 0.493 e. The van der Waals surface area contributed by atoms with Gasteiger partial charge in [-0.05, 0) is 49.6 Å². The lowest BCUT2D eigenvalue weighted by Crippen LogP contribution is -2.12. The van der Waals surface area contributed by atoms with Crippen molar-refractivity contribution < 1.29 is 4.74 Å². The third-order valence-corrected chi connectivity index (χ3v) is 3.47. The van der Waals surface area contributed by atoms with Crippen molar-refractivity contribution in [2.24, 2.45) is 5.73 Å². The summed E-state index contributed by atoms with van der Waals surface area (Å²) in [6.45, 7) is 1.24. The van der Waals surface area contributed by atoms with E-state index in [4.69, 9.17) is 10.5 Å². The molecule has 0 unspecified atom stereocenters. The van der Waals surface area contributed by atoms with Crippen LogP contribution in [-0.4, -0.2) is 23.3 Å². The number of ether oxygens (including phenoxy) is 1. The molecule has 100 valence electrons. The molecular weight excluding hydrogens is 242 g/mol. The predicted octanol–water partition coefficient (Wildman–Crippen LogP) is 1.20. The summed E-state index contributed by atoms with van der Waals surface area (Å²) in [4.78, 5) is 11.7. The van der Waals surface area contributed by atoms with Crippen LogP contribution in [-0.2, 0) is 12.8 Å². The van der Waals surface area contributed by atoms with Crippen LogP contribution in [0.4, 0.5) is 0 Å². The molecule has 0 saturated heterocycles. The average molecular weight is 259 g/mol. The van der Waals surface area contributed by atoms with Crippen LogP contribution in [0.5, 0.6) is 5.75 Å². The van der Waals surface area contributed by atoms with Crippen LogP contribution in [0.15, 0.2) is 23.0 Å². The Balaban J connectivity index is 2.04. The molecule has 1 aromatic heterocycles. The van der Waals surface area contributed by atoms with E-state index in [-0.39, 0.29) is 5.56 Å². The maximum Gasteiger partial charge on any atom is 0.267 e. The lowest BCUT2D eigenvalue weighted by molar-refractivity contribution is 0.288. The molecular formula is C14H17N3O2. The predicted molar refractivity (Wildman–Crippen MR) is 73.4 cm³/mol. The minimum absolute atomic E-state index is 0.0885. The second kappa shape index (κ2) is 4.93. The minimum atomic E-state index is -0.0885. The van der Waals surface area contributed by atoms with E-state index >= 15 is 0 Å². The highest BCUT2D eigenvalue weighted by atomic mass is 16.5. The van der Waals surface area contributed by atoms with Crippen molar-refractivity contribution in [1.29, 1.82) is 0 Å². The van der Waals surface area contributed by atoms with Gasteiger partial charge < -0.3 is 10.5 Å². The Morgan fingerprint density at radius 3 is 3.05 bits per heavy atom. The fourth-order valence-electron chi connectivity index (χ4n) is 2.53. The number of aromatic nitrogens is 2. The molecule has 1 aromatic carbocycles. The molecule has 0 spiro atoms. The van der Waals surface area contributed by atoms with Gasteiger partial charge in [-0.15, -0.1) is 0 Å². The van der Waals surface area contributed by atoms with E-state index < -0.39 is 0 Å². The maximum absolute atomic E-state index is 11.7. The number of aromatic amines is 2. The smallest absolute Gasteiger partial charge is 0.267 e. The first-order valence-corrected chi connectivity index (χ1v) is 6.55. The number of nitrogens with two attached hydrogens (primary N) is 1. The zero-order valence-electron chi connectivity index (χ0n) is 10.7. The average Bonchev–Trinajstić information content (AvgIpc) is 2.80. The van der Waals surface area contributed by atoms with Gasteiger partial charge in [-0.3, -0.25) is 15.0 Å². The standard InChI is InChI=1S/C14H17N3O2/c15-6-5-11-13(16-17-14(11)18)10-3-4-12-9(8-10)2-1-7-19-12/h3-4,8H,1-2,5-7,15H2,(H2,16,17,18). The fraction of sp³-hybridized carbons (Fsp3) is 0.357. The number of hydrogen-bond acceptors (Lipinski definition) is 3. The number of hydrogen-bond donors (Lipinski definition) is 3. The second-order valence-electron chi connectivity index (χ2n) is 4.75. The molecule has 0 atom stereocenters. The molecule has 0 bridgehead atoms. The molecule has 0 aliphatic carbocycles. The van der Waals surface area contributed by atoms with Crippen molar-refractivity contribution in [1.82, 2.24) is 10.2 Å². The number of fused-ring (bicyclic) bond motifs is 1. The van der Waals surface area contributed by atoms with Gasteiger partial charge in [0, 0.05) is 11.1 Å². The zero-order valence-corrected chi connectivity index (χ0v) is 10.7. The van der Waals surface area contributed by atoms with Crippen LogP contribution in [0.2, 0.25) is 0 Å². The first-order chi connectivity index (χ1) is 9.29. The zero-order chi connectivity index (χ0) is 13.2. The van der Waals surface area contributed by atoms with Crippen LogP contribution in [0.1, 0.15) is 17.5 Å². The highest BCUT2D eigenvalue weighted by molar-refractivity contribution is 5.65. The topological polar surface area (TPSA) is 83.9 Å². The quantitative estimate of drug-likeness (QED) is 0.774. The molecule has 1 aliphatic rings. The first kappa shape index (κ1) is 12.0. The number of nitrogens with one attached hydrogen (secondary N) is 2. The third-order valence-electron chi connectivity index (χ3n) is 3.47. The van der Waals surface area contributed by atoms with Gasteiger partial charge in [0.05, 0.1) is 12.3 Å². The van der Waals surface area contributed by atoms with E-state index in [1.807, 2.05) is 12.1 Å². The molecule has 0 fully saturated rings. The van der Waals surface area contributed by atoms with Crippen LogP contribution in [0, 0.1) is 0 Å². The lowest BCUT2D eigenvalue weighted by atomic mass is 9.99. The van der Waals surface area contributed by atoms with Gasteiger partial charge in [0.25, 0.3) is 5.56 Å². The normalized spacial score (nSPS) is 13.9. The molecule has 0 saturated carbocycles. The van der Waals surface area contributed by atoms with E-state index in [0.717, 1.165) is 42.0 Å². The van der Waals surface area contributed by atoms with Crippen LogP contribution >= 0.6 is 0 Å². The molecule has 1 aliphatic heterocycles. The van der Waals surface area contributed by atoms with Crippen LogP contribution in [0.25, 0.3) is 11.3 Å². The van der Waals surface area contributed by atoms with Gasteiger partial charge in [-0.2, -0.15) is 0 Å². The number of rotatable bonds is 3. The highest BCUT2D eigenvalue weighted by Crippen LogP contribution is 2.30. The molecule has 5 nitrogen and oxygen atoms in total. The monoisotopic (exact) mass is 259 g/mol. The van der Waals surface area contributed by atoms with Gasteiger partial charge in [0.2, 0.25) is 0 Å². The molecule has 2 heterocycles. The Bertz CT molecular complexity index is 642. The van der Waals surface area contributed by atoms with Crippen molar-refractivity contribution in [2.75, 3.05) is 13.2 Å². The molecule has 0 amide bonds. The van der Waals surface area contributed by atoms with Crippen molar-refractivity contribution in [3.63, 3.8) is 0 Å². The Labute approximate surface area is 110 Å². The number of H-pyrrole nitrogens is 2. The number of aryl methyl sites for hydroxylation is 1. The maximum atomic E-state index is 11.7. The first-order valence-electron chi connectivity index (χ1n) is 6.55. The van der Waals surface area contributed by atoms with E-state index in [1.165, 1.54) is 5.56 Å². The van der Waals surface area contributed by atoms with Gasteiger partial charge in [0.15, 0.2) is 0 Å². The van der Waals surface area contributed by atoms with E-state index in [9.17, 15) is 4.79 Å². The fourth-order valence-corrected chi connectivity index (χ4v) is 2.53. The summed E-state index contributed by atoms with van der Waals surface area (Å²) in [5.41, 5.74) is 9.23. The van der Waals surface area contributed by atoms with E-state index in [0.29, 0.717) is 13.0 Å². The van der Waals surface area contributed by atoms with Gasteiger partial charge in [-0.1, -0.05) is 0 Å². The Morgan fingerprint density at radius 1 is 1.32 bits per heavy atom. The molecule has 5 heteroatoms. The molecule has 4 N–H and O–H groups in total. The van der Waals surface area contributed by atoms with E-state index in [2.05, 4.69) is 16.3 Å². The SMILES string of the molecule is NCCc1c(-c2ccc3c(c2)CCCO3)[nH][nH]c1=O. The summed E-state index contributed by atoms with van der Waals surface area (Å²) >= 11 is 0. The molecule has 19 heavy (non-hydrogen) atoms. The van der Waals surface area contributed by atoms with Crippen molar-refractivity contribution in [3.8, 4) is 17.0 Å². The van der Waals surface area contributed by atoms with Gasteiger partial charge in [-0.25, -0.2) is 0 Å². The second-order valence-corrected chi connectivity index (χ2v) is 4.75. The summed E-state index contributed by atoms with van der Waals surface area (Å²) in [5, 5.41) is 5.58. The summed E-state index contributed by atoms with van der Waals surface area (Å²) in [5.74, 6) is 0.952. The van der Waals surface area contributed by atoms with Crippen LogP contribution < -0.4 is 16.0 Å². The van der Waals surface area contributed by atoms with Crippen molar-refractivity contribution >= 4 is 0 Å².